The topological polar surface area (TPSA) is 44.6 Å². The Morgan fingerprint density at radius 3 is 2.44 bits per heavy atom. The van der Waals surface area contributed by atoms with Crippen LogP contribution < -0.4 is 4.74 Å². The zero-order chi connectivity index (χ0) is 13.9. The second-order valence-electron chi connectivity index (χ2n) is 4.88. The van der Waals surface area contributed by atoms with E-state index in [-0.39, 0.29) is 4.75 Å². The van der Waals surface area contributed by atoms with E-state index in [2.05, 4.69) is 20.3 Å². The number of hydrogen-bond acceptors (Lipinski definition) is 3. The molecule has 100 valence electrons. The molecule has 0 spiro atoms. The summed E-state index contributed by atoms with van der Waals surface area (Å²) in [5, 5.41) is 0. The molecule has 0 fully saturated rings. The number of hydrogen-bond donors (Lipinski definition) is 0. The van der Waals surface area contributed by atoms with Gasteiger partial charge in [-0.25, -0.2) is 0 Å². The maximum absolute atomic E-state index is 12.0. The van der Waals surface area contributed by atoms with Crippen LogP contribution in [0.25, 0.3) is 0 Å². The van der Waals surface area contributed by atoms with Gasteiger partial charge < -0.3 is 9.29 Å². The molecule has 1 aromatic rings. The fourth-order valence-corrected chi connectivity index (χ4v) is 2.49. The summed E-state index contributed by atoms with van der Waals surface area (Å²) in [5.41, 5.74) is 1.67. The number of methoxy groups -OCH3 is 1. The van der Waals surface area contributed by atoms with Crippen molar-refractivity contribution in [1.29, 1.82) is 0 Å². The summed E-state index contributed by atoms with van der Waals surface area (Å²) in [4.78, 5) is 0. The first-order valence-electron chi connectivity index (χ1n) is 5.57. The number of halogens is 1. The second-order valence-corrected chi connectivity index (χ2v) is 7.64. The van der Waals surface area contributed by atoms with E-state index >= 15 is 0 Å². The molecule has 5 heteroatoms. The van der Waals surface area contributed by atoms with Crippen molar-refractivity contribution in [3.05, 3.63) is 28.2 Å². The summed E-state index contributed by atoms with van der Waals surface area (Å²) in [6.45, 7) is 7.57. The highest BCUT2D eigenvalue weighted by Gasteiger charge is 2.27. The van der Waals surface area contributed by atoms with E-state index in [0.717, 1.165) is 21.5 Å². The van der Waals surface area contributed by atoms with Crippen molar-refractivity contribution >= 4 is 33.0 Å². The summed E-state index contributed by atoms with van der Waals surface area (Å²) in [6, 6.07) is 5.63. The van der Waals surface area contributed by atoms with Gasteiger partial charge in [0.15, 0.2) is 0 Å². The van der Waals surface area contributed by atoms with Crippen LogP contribution in [0, 0.1) is 0 Å². The Kier molecular flexibility index (Phi) is 5.25. The zero-order valence-corrected chi connectivity index (χ0v) is 13.7. The van der Waals surface area contributed by atoms with Gasteiger partial charge in [0.05, 0.1) is 12.8 Å². The molecule has 0 aliphatic carbocycles. The van der Waals surface area contributed by atoms with Crippen LogP contribution in [0.1, 0.15) is 33.3 Å². The maximum atomic E-state index is 12.0. The average molecular weight is 332 g/mol. The molecule has 1 atom stereocenters. The minimum atomic E-state index is -1.25. The minimum Gasteiger partial charge on any atom is -0.591 e. The van der Waals surface area contributed by atoms with Crippen molar-refractivity contribution < 1.29 is 9.29 Å². The number of benzene rings is 1. The van der Waals surface area contributed by atoms with E-state index in [1.165, 1.54) is 0 Å². The van der Waals surface area contributed by atoms with Crippen LogP contribution >= 0.6 is 15.9 Å². The lowest BCUT2D eigenvalue weighted by Gasteiger charge is -2.19. The van der Waals surface area contributed by atoms with Crippen LogP contribution in [0.3, 0.4) is 0 Å². The van der Waals surface area contributed by atoms with Gasteiger partial charge in [0.1, 0.15) is 21.9 Å². The molecular weight excluding hydrogens is 314 g/mol. The SMILES string of the molecule is COc1ccc(C(C)=N[S@@+]([O-])C(C)(C)C)c(Br)c1. The lowest BCUT2D eigenvalue weighted by atomic mass is 10.1. The molecule has 0 unspecified atom stereocenters. The van der Waals surface area contributed by atoms with Gasteiger partial charge in [-0.3, -0.25) is 0 Å². The highest BCUT2D eigenvalue weighted by atomic mass is 79.9. The molecule has 0 bridgehead atoms. The van der Waals surface area contributed by atoms with Gasteiger partial charge in [-0.1, -0.05) is 4.40 Å². The lowest BCUT2D eigenvalue weighted by molar-refractivity contribution is 0.414. The number of nitrogens with zero attached hydrogens (tertiary/aromatic N) is 1. The molecule has 3 nitrogen and oxygen atoms in total. The first-order valence-corrected chi connectivity index (χ1v) is 7.47. The average Bonchev–Trinajstić information content (AvgIpc) is 2.27. The van der Waals surface area contributed by atoms with Crippen molar-refractivity contribution in [3.8, 4) is 5.75 Å². The third-order valence-electron chi connectivity index (χ3n) is 2.31. The van der Waals surface area contributed by atoms with Gasteiger partial charge in [0.2, 0.25) is 0 Å². The van der Waals surface area contributed by atoms with Crippen LogP contribution in [-0.4, -0.2) is 22.1 Å². The maximum Gasteiger partial charge on any atom is 0.144 e. The molecule has 18 heavy (non-hydrogen) atoms. The van der Waals surface area contributed by atoms with E-state index in [1.54, 1.807) is 7.11 Å². The summed E-state index contributed by atoms with van der Waals surface area (Å²) < 4.78 is 21.9. The highest BCUT2D eigenvalue weighted by Crippen LogP contribution is 2.25. The third kappa shape index (κ3) is 4.00. The minimum absolute atomic E-state index is 0.347. The van der Waals surface area contributed by atoms with Crippen molar-refractivity contribution in [2.75, 3.05) is 7.11 Å². The van der Waals surface area contributed by atoms with Crippen LogP contribution in [0.2, 0.25) is 0 Å². The monoisotopic (exact) mass is 331 g/mol. The molecule has 0 N–H and O–H groups in total. The highest BCUT2D eigenvalue weighted by molar-refractivity contribution is 9.10. The largest absolute Gasteiger partial charge is 0.591 e. The summed E-state index contributed by atoms with van der Waals surface area (Å²) in [5.74, 6) is 0.773. The Hall–Kier alpha value is -0.520. The quantitative estimate of drug-likeness (QED) is 0.625. The van der Waals surface area contributed by atoms with Crippen LogP contribution in [0.4, 0.5) is 0 Å². The van der Waals surface area contributed by atoms with Gasteiger partial charge in [0.25, 0.3) is 0 Å². The molecule has 0 aliphatic rings. The standard InChI is InChI=1S/C13H18BrNO2S/c1-9(15-18(16)13(2,3)4)11-7-6-10(17-5)8-12(11)14/h6-8H,1-5H3/t18-/m0/s1. The number of ether oxygens (including phenoxy) is 1. The van der Waals surface area contributed by atoms with E-state index in [4.69, 9.17) is 4.74 Å². The Balaban J connectivity index is 3.04. The fourth-order valence-electron chi connectivity index (χ4n) is 1.23. The van der Waals surface area contributed by atoms with E-state index in [1.807, 2.05) is 45.9 Å². The van der Waals surface area contributed by atoms with Crippen molar-refractivity contribution in [3.63, 3.8) is 0 Å². The second kappa shape index (κ2) is 6.08. The Morgan fingerprint density at radius 2 is 2.00 bits per heavy atom. The smallest absolute Gasteiger partial charge is 0.144 e. The summed E-state index contributed by atoms with van der Waals surface area (Å²) >= 11 is 2.22. The lowest BCUT2D eigenvalue weighted by Crippen LogP contribution is -2.26. The normalized spacial score (nSPS) is 14.5. The van der Waals surface area contributed by atoms with Gasteiger partial charge in [0, 0.05) is 10.0 Å². The molecule has 0 aliphatic heterocycles. The molecule has 0 amide bonds. The fraction of sp³-hybridized carbons (Fsp3) is 0.462. The zero-order valence-electron chi connectivity index (χ0n) is 11.3. The Morgan fingerprint density at radius 1 is 1.39 bits per heavy atom. The predicted molar refractivity (Wildman–Crippen MR) is 80.8 cm³/mol. The molecular formula is C13H18BrNO2S. The van der Waals surface area contributed by atoms with Gasteiger partial charge in [-0.05, 0) is 61.8 Å². The van der Waals surface area contributed by atoms with Gasteiger partial charge >= 0.3 is 0 Å². The van der Waals surface area contributed by atoms with Gasteiger partial charge in [-0.15, -0.1) is 0 Å². The number of rotatable bonds is 3. The first-order chi connectivity index (χ1) is 8.25. The summed E-state index contributed by atoms with van der Waals surface area (Å²) in [6.07, 6.45) is 0. The van der Waals surface area contributed by atoms with Crippen molar-refractivity contribution in [2.24, 2.45) is 4.40 Å². The van der Waals surface area contributed by atoms with E-state index < -0.39 is 11.4 Å². The molecule has 0 heterocycles. The van der Waals surface area contributed by atoms with Crippen molar-refractivity contribution in [1.82, 2.24) is 0 Å². The van der Waals surface area contributed by atoms with Crippen LogP contribution in [0.15, 0.2) is 27.1 Å². The third-order valence-corrected chi connectivity index (χ3v) is 4.45. The predicted octanol–water partition coefficient (Wildman–Crippen LogP) is 3.73. The van der Waals surface area contributed by atoms with Gasteiger partial charge in [-0.2, -0.15) is 0 Å². The van der Waals surface area contributed by atoms with E-state index in [9.17, 15) is 4.55 Å². The molecule has 0 radical (unpaired) electrons. The van der Waals surface area contributed by atoms with E-state index in [0.29, 0.717) is 0 Å². The molecule has 1 aromatic carbocycles. The molecule has 0 saturated heterocycles. The Bertz CT molecular complexity index is 455. The first kappa shape index (κ1) is 15.5. The van der Waals surface area contributed by atoms with Crippen LogP contribution in [0.5, 0.6) is 5.75 Å². The Labute approximate surface area is 120 Å². The molecule has 0 aromatic heterocycles. The summed E-state index contributed by atoms with van der Waals surface area (Å²) in [7, 11) is 1.62. The van der Waals surface area contributed by atoms with Crippen molar-refractivity contribution in [2.45, 2.75) is 32.4 Å². The van der Waals surface area contributed by atoms with Crippen LogP contribution in [-0.2, 0) is 11.4 Å². The molecule has 1 rings (SSSR count). The molecule has 0 saturated carbocycles.